The number of furan rings is 1. The predicted molar refractivity (Wildman–Crippen MR) is 119 cm³/mol. The average Bonchev–Trinajstić information content (AvgIpc) is 3.35. The molecule has 1 aliphatic rings. The first-order valence-corrected chi connectivity index (χ1v) is 11.1. The van der Waals surface area contributed by atoms with E-state index in [0.29, 0.717) is 5.76 Å². The number of likely N-dealkylation sites (tertiary alicyclic amines) is 1. The summed E-state index contributed by atoms with van der Waals surface area (Å²) in [5, 5.41) is 4.02. The molecule has 2 aromatic heterocycles. The molecule has 0 atom stereocenters. The van der Waals surface area contributed by atoms with Gasteiger partial charge in [0, 0.05) is 17.0 Å². The molecule has 1 amide bonds. The number of hydrogen-bond donors (Lipinski definition) is 1. The minimum atomic E-state index is -0.181. The monoisotopic (exact) mass is 408 g/mol. The first kappa shape index (κ1) is 19.9. The lowest BCUT2D eigenvalue weighted by molar-refractivity contribution is 0.0996. The standard InChI is InChI=1S/C24H28N2O2S/c1-17-18(2)29-24(25-23(27)22-9-6-14-28-22)21(17)16-26-12-10-20(11-13-26)15-19-7-4-3-5-8-19/h3-9,14,20H,10-13,15-16H2,1-2H3,(H,25,27). The molecule has 1 N–H and O–H groups in total. The van der Waals surface area contributed by atoms with Crippen molar-refractivity contribution in [1.29, 1.82) is 0 Å². The molecule has 0 radical (unpaired) electrons. The van der Waals surface area contributed by atoms with Gasteiger partial charge < -0.3 is 9.73 Å². The number of amides is 1. The zero-order valence-electron chi connectivity index (χ0n) is 17.1. The lowest BCUT2D eigenvalue weighted by Crippen LogP contribution is -2.34. The van der Waals surface area contributed by atoms with Crippen LogP contribution in [-0.4, -0.2) is 23.9 Å². The molecule has 0 aliphatic carbocycles. The number of piperidine rings is 1. The molecule has 1 fully saturated rings. The molecule has 4 rings (SSSR count). The summed E-state index contributed by atoms with van der Waals surface area (Å²) in [6.07, 6.45) is 5.16. The molecule has 152 valence electrons. The number of carbonyl (C=O) groups excluding carboxylic acids is 1. The summed E-state index contributed by atoms with van der Waals surface area (Å²) in [6, 6.07) is 14.2. The molecular weight excluding hydrogens is 380 g/mol. The van der Waals surface area contributed by atoms with E-state index in [1.54, 1.807) is 23.5 Å². The van der Waals surface area contributed by atoms with E-state index in [4.69, 9.17) is 4.42 Å². The molecule has 3 aromatic rings. The Morgan fingerprint density at radius 2 is 1.90 bits per heavy atom. The SMILES string of the molecule is Cc1sc(NC(=O)c2ccco2)c(CN2CCC(Cc3ccccc3)CC2)c1C. The molecule has 0 bridgehead atoms. The molecule has 29 heavy (non-hydrogen) atoms. The molecule has 1 aliphatic heterocycles. The van der Waals surface area contributed by atoms with Crippen molar-refractivity contribution in [2.75, 3.05) is 18.4 Å². The van der Waals surface area contributed by atoms with Crippen LogP contribution in [0, 0.1) is 19.8 Å². The average molecular weight is 409 g/mol. The van der Waals surface area contributed by atoms with Gasteiger partial charge in [-0.3, -0.25) is 9.69 Å². The Hall–Kier alpha value is -2.37. The van der Waals surface area contributed by atoms with Crippen molar-refractivity contribution in [3.63, 3.8) is 0 Å². The Balaban J connectivity index is 1.38. The van der Waals surface area contributed by atoms with E-state index in [-0.39, 0.29) is 5.91 Å². The molecule has 5 heteroatoms. The fourth-order valence-corrected chi connectivity index (χ4v) is 5.12. The van der Waals surface area contributed by atoms with Crippen LogP contribution in [0.5, 0.6) is 0 Å². The van der Waals surface area contributed by atoms with E-state index in [1.807, 2.05) is 0 Å². The minimum absolute atomic E-state index is 0.181. The fraction of sp³-hybridized carbons (Fsp3) is 0.375. The van der Waals surface area contributed by atoms with Gasteiger partial charge in [-0.2, -0.15) is 0 Å². The second-order valence-electron chi connectivity index (χ2n) is 7.93. The van der Waals surface area contributed by atoms with Crippen LogP contribution in [0.15, 0.2) is 53.1 Å². The summed E-state index contributed by atoms with van der Waals surface area (Å²) >= 11 is 1.66. The quantitative estimate of drug-likeness (QED) is 0.572. The lowest BCUT2D eigenvalue weighted by atomic mass is 9.90. The summed E-state index contributed by atoms with van der Waals surface area (Å²) in [5.74, 6) is 0.928. The second kappa shape index (κ2) is 8.97. The zero-order valence-corrected chi connectivity index (χ0v) is 17.9. The van der Waals surface area contributed by atoms with E-state index < -0.39 is 0 Å². The molecule has 0 saturated carbocycles. The Morgan fingerprint density at radius 3 is 2.59 bits per heavy atom. The van der Waals surface area contributed by atoms with E-state index >= 15 is 0 Å². The van der Waals surface area contributed by atoms with Crippen molar-refractivity contribution >= 4 is 22.2 Å². The number of nitrogens with zero attached hydrogens (tertiary/aromatic N) is 1. The highest BCUT2D eigenvalue weighted by Crippen LogP contribution is 2.34. The van der Waals surface area contributed by atoms with Crippen LogP contribution in [0.4, 0.5) is 5.00 Å². The maximum absolute atomic E-state index is 12.4. The number of carbonyl (C=O) groups is 1. The maximum atomic E-state index is 12.4. The van der Waals surface area contributed by atoms with E-state index in [1.165, 1.54) is 47.1 Å². The minimum Gasteiger partial charge on any atom is -0.459 e. The smallest absolute Gasteiger partial charge is 0.291 e. The summed E-state index contributed by atoms with van der Waals surface area (Å²) < 4.78 is 5.24. The number of nitrogens with one attached hydrogen (secondary N) is 1. The van der Waals surface area contributed by atoms with Crippen molar-refractivity contribution in [2.24, 2.45) is 5.92 Å². The van der Waals surface area contributed by atoms with Crippen molar-refractivity contribution in [3.8, 4) is 0 Å². The largest absolute Gasteiger partial charge is 0.459 e. The van der Waals surface area contributed by atoms with Gasteiger partial charge in [-0.05, 0) is 75.4 Å². The zero-order chi connectivity index (χ0) is 20.2. The van der Waals surface area contributed by atoms with Gasteiger partial charge in [-0.15, -0.1) is 11.3 Å². The topological polar surface area (TPSA) is 45.5 Å². The highest BCUT2D eigenvalue weighted by Gasteiger charge is 2.23. The van der Waals surface area contributed by atoms with Gasteiger partial charge in [0.25, 0.3) is 5.91 Å². The number of hydrogen-bond acceptors (Lipinski definition) is 4. The van der Waals surface area contributed by atoms with Gasteiger partial charge in [0.15, 0.2) is 5.76 Å². The molecule has 4 nitrogen and oxygen atoms in total. The Labute approximate surface area is 176 Å². The summed E-state index contributed by atoms with van der Waals surface area (Å²) in [5.41, 5.74) is 3.98. The number of rotatable bonds is 6. The van der Waals surface area contributed by atoms with Crippen LogP contribution < -0.4 is 5.32 Å². The lowest BCUT2D eigenvalue weighted by Gasteiger charge is -2.32. The third kappa shape index (κ3) is 4.80. The number of thiophene rings is 1. The summed E-state index contributed by atoms with van der Waals surface area (Å²) in [6.45, 7) is 7.39. The normalized spacial score (nSPS) is 15.5. The van der Waals surface area contributed by atoms with Gasteiger partial charge in [-0.1, -0.05) is 30.3 Å². The van der Waals surface area contributed by atoms with Crippen LogP contribution in [0.3, 0.4) is 0 Å². The predicted octanol–water partition coefficient (Wildman–Crippen LogP) is 5.66. The number of aryl methyl sites for hydroxylation is 1. The van der Waals surface area contributed by atoms with E-state index in [2.05, 4.69) is 54.4 Å². The van der Waals surface area contributed by atoms with Gasteiger partial charge in [0.1, 0.15) is 5.00 Å². The summed E-state index contributed by atoms with van der Waals surface area (Å²) in [4.78, 5) is 16.2. The first-order chi connectivity index (χ1) is 14.1. The van der Waals surface area contributed by atoms with Crippen LogP contribution in [0.2, 0.25) is 0 Å². The Bertz CT molecular complexity index is 939. The molecule has 3 heterocycles. The Morgan fingerprint density at radius 1 is 1.14 bits per heavy atom. The number of anilines is 1. The van der Waals surface area contributed by atoms with Crippen molar-refractivity contribution in [2.45, 2.75) is 39.7 Å². The molecular formula is C24H28N2O2S. The van der Waals surface area contributed by atoms with Crippen LogP contribution >= 0.6 is 11.3 Å². The third-order valence-electron chi connectivity index (χ3n) is 5.94. The molecule has 0 unspecified atom stereocenters. The van der Waals surface area contributed by atoms with Crippen LogP contribution in [0.1, 0.15) is 45.0 Å². The second-order valence-corrected chi connectivity index (χ2v) is 9.16. The van der Waals surface area contributed by atoms with Crippen molar-refractivity contribution < 1.29 is 9.21 Å². The molecule has 1 saturated heterocycles. The Kier molecular flexibility index (Phi) is 6.16. The first-order valence-electron chi connectivity index (χ1n) is 10.3. The van der Waals surface area contributed by atoms with Crippen molar-refractivity contribution in [3.05, 3.63) is 76.1 Å². The van der Waals surface area contributed by atoms with Gasteiger partial charge in [0.05, 0.1) is 6.26 Å². The summed E-state index contributed by atoms with van der Waals surface area (Å²) in [7, 11) is 0. The molecule has 1 aromatic carbocycles. The maximum Gasteiger partial charge on any atom is 0.291 e. The van der Waals surface area contributed by atoms with E-state index in [9.17, 15) is 4.79 Å². The highest BCUT2D eigenvalue weighted by atomic mass is 32.1. The fourth-order valence-electron chi connectivity index (χ4n) is 4.06. The van der Waals surface area contributed by atoms with Gasteiger partial charge >= 0.3 is 0 Å². The third-order valence-corrected chi connectivity index (χ3v) is 7.10. The van der Waals surface area contributed by atoms with Crippen LogP contribution in [-0.2, 0) is 13.0 Å². The van der Waals surface area contributed by atoms with Crippen molar-refractivity contribution in [1.82, 2.24) is 4.90 Å². The van der Waals surface area contributed by atoms with Gasteiger partial charge in [0.2, 0.25) is 0 Å². The van der Waals surface area contributed by atoms with E-state index in [0.717, 1.165) is 30.6 Å². The molecule has 0 spiro atoms. The number of benzene rings is 1. The van der Waals surface area contributed by atoms with Crippen LogP contribution in [0.25, 0.3) is 0 Å². The van der Waals surface area contributed by atoms with Gasteiger partial charge in [-0.25, -0.2) is 0 Å². The highest BCUT2D eigenvalue weighted by molar-refractivity contribution is 7.16.